The van der Waals surface area contributed by atoms with Gasteiger partial charge in [0.1, 0.15) is 23.7 Å². The minimum atomic E-state index is -5.64. The minimum Gasteiger partial charge on any atom is -0.786 e. The van der Waals surface area contributed by atoms with Crippen LogP contribution in [-0.2, 0) is 13.7 Å². The van der Waals surface area contributed by atoms with Gasteiger partial charge in [-0.1, -0.05) is 0 Å². The van der Waals surface area contributed by atoms with E-state index in [0.29, 0.717) is 0 Å². The third kappa shape index (κ3) is 2380. The van der Waals surface area contributed by atoms with Gasteiger partial charge in [-0.2, -0.15) is 0 Å². The van der Waals surface area contributed by atoms with Gasteiger partial charge < -0.3 is 43.1 Å². The molecule has 0 spiro atoms. The molecule has 0 aromatic heterocycles. The molecule has 17 heteroatoms. The van der Waals surface area contributed by atoms with Crippen molar-refractivity contribution in [2.45, 2.75) is 0 Å². The first-order valence-corrected chi connectivity index (χ1v) is 6.45. The summed E-state index contributed by atoms with van der Waals surface area (Å²) < 4.78 is 55.7. The van der Waals surface area contributed by atoms with Crippen LogP contribution < -0.4 is 29.4 Å². The zero-order valence-electron chi connectivity index (χ0n) is 7.30. The fourth-order valence-corrected chi connectivity index (χ4v) is 0. The van der Waals surface area contributed by atoms with Crippen LogP contribution in [0.2, 0.25) is 0 Å². The summed E-state index contributed by atoms with van der Waals surface area (Å²) in [4.78, 5) is 50.6. The Bertz CT molecular complexity index is 216. The molecular weight excluding hydrogens is 348 g/mol. The summed E-state index contributed by atoms with van der Waals surface area (Å²) >= 11 is 0. The van der Waals surface area contributed by atoms with Crippen molar-refractivity contribution in [3.8, 4) is 0 Å². The van der Waals surface area contributed by atoms with Crippen molar-refractivity contribution in [2.75, 3.05) is 0 Å². The second-order valence-corrected chi connectivity index (χ2v) is 3.88. The molecule has 96 valence electrons. The second-order valence-electron chi connectivity index (χ2n) is 1.29. The van der Waals surface area contributed by atoms with Crippen molar-refractivity contribution in [1.29, 1.82) is 0 Å². The van der Waals surface area contributed by atoms with Gasteiger partial charge in [-0.05, 0) is 0 Å². The molecule has 0 aliphatic rings. The average molecular weight is 348 g/mol. The van der Waals surface area contributed by atoms with Gasteiger partial charge in [0.15, 0.2) is 0 Å². The Morgan fingerprint density at radius 1 is 0.529 bits per heavy atom. The standard InChI is InChI=1S/2Al.3FH2O3P/c;;3*1-5(2,3)4/h;;3*(H2,2,3,4)/q2*+3;;;/p-6. The molecule has 0 N–H and O–H groups in total. The van der Waals surface area contributed by atoms with Gasteiger partial charge in [0.05, 0.1) is 0 Å². The fraction of sp³-hybridized carbons (Fsp3) is 0. The van der Waals surface area contributed by atoms with Crippen molar-refractivity contribution in [1.82, 2.24) is 0 Å². The zero-order valence-corrected chi connectivity index (χ0v) is 12.3. The van der Waals surface area contributed by atoms with Crippen molar-refractivity contribution in [3.63, 3.8) is 0 Å². The third-order valence-corrected chi connectivity index (χ3v) is 0. The van der Waals surface area contributed by atoms with Crippen LogP contribution in [0.25, 0.3) is 0 Å². The monoisotopic (exact) mass is 348 g/mol. The summed E-state index contributed by atoms with van der Waals surface area (Å²) in [7, 11) is -16.9. The number of rotatable bonds is 0. The van der Waals surface area contributed by atoms with E-state index >= 15 is 0 Å². The van der Waals surface area contributed by atoms with Gasteiger partial charge in [0.25, 0.3) is 0 Å². The van der Waals surface area contributed by atoms with E-state index in [0.717, 1.165) is 0 Å². The molecule has 0 amide bonds. The topological polar surface area (TPSA) is 190 Å². The molecule has 0 heterocycles. The molecule has 0 aromatic rings. The van der Waals surface area contributed by atoms with Gasteiger partial charge >= 0.3 is 34.7 Å². The van der Waals surface area contributed by atoms with Gasteiger partial charge in [0.2, 0.25) is 0 Å². The van der Waals surface area contributed by atoms with E-state index in [4.69, 9.17) is 43.1 Å². The smallest absolute Gasteiger partial charge is 0.786 e. The molecule has 9 nitrogen and oxygen atoms in total. The number of hydrogen-bond acceptors (Lipinski definition) is 9. The number of hydrogen-bond donors (Lipinski definition) is 0. The summed E-state index contributed by atoms with van der Waals surface area (Å²) in [6, 6.07) is 0. The zero-order chi connectivity index (χ0) is 13.5. The van der Waals surface area contributed by atoms with Gasteiger partial charge in [-0.25, -0.2) is 12.6 Å². The molecular formula is Al2F3O9P3. The molecule has 0 saturated heterocycles. The molecule has 0 rings (SSSR count). The van der Waals surface area contributed by atoms with E-state index in [2.05, 4.69) is 0 Å². The van der Waals surface area contributed by atoms with Crippen molar-refractivity contribution in [3.05, 3.63) is 0 Å². The minimum absolute atomic E-state index is 0. The third-order valence-electron chi connectivity index (χ3n) is 0. The predicted molar refractivity (Wildman–Crippen MR) is 37.7 cm³/mol. The Balaban J connectivity index is -0.0000000400. The Morgan fingerprint density at radius 3 is 0.529 bits per heavy atom. The quantitative estimate of drug-likeness (QED) is 0.307. The maximum absolute atomic E-state index is 10.1. The molecule has 0 aliphatic heterocycles. The summed E-state index contributed by atoms with van der Waals surface area (Å²) in [6.45, 7) is 0. The van der Waals surface area contributed by atoms with Gasteiger partial charge in [-0.3, -0.25) is 0 Å². The SMILES string of the molecule is O=P([O-])([O-])F.O=P([O-])([O-])F.O=P([O-])([O-])F.[Al+3].[Al+3]. The molecule has 0 radical (unpaired) electrons. The van der Waals surface area contributed by atoms with Crippen molar-refractivity contribution < 1.29 is 55.6 Å². The molecule has 0 atom stereocenters. The summed E-state index contributed by atoms with van der Waals surface area (Å²) in [5, 5.41) is 0. The van der Waals surface area contributed by atoms with Crippen LogP contribution in [-0.4, -0.2) is 34.7 Å². The Kier molecular flexibility index (Phi) is 22.5. The average Bonchev–Trinajstić information content (AvgIpc) is 1.41. The molecule has 17 heavy (non-hydrogen) atoms. The van der Waals surface area contributed by atoms with Crippen molar-refractivity contribution in [2.24, 2.45) is 0 Å². The van der Waals surface area contributed by atoms with E-state index < -0.39 is 23.7 Å². The summed E-state index contributed by atoms with van der Waals surface area (Å²) in [6.07, 6.45) is 0. The molecule has 0 aliphatic carbocycles. The molecule has 0 bridgehead atoms. The normalized spacial score (nSPS) is 10.4. The van der Waals surface area contributed by atoms with E-state index in [-0.39, 0.29) is 34.7 Å². The Hall–Kier alpha value is 1.30. The van der Waals surface area contributed by atoms with Gasteiger partial charge in [0, 0.05) is 0 Å². The van der Waals surface area contributed by atoms with Crippen LogP contribution in [0, 0.1) is 0 Å². The fourth-order valence-electron chi connectivity index (χ4n) is 0. The van der Waals surface area contributed by atoms with Crippen LogP contribution in [0.5, 0.6) is 0 Å². The Labute approximate surface area is 114 Å². The first-order valence-electron chi connectivity index (χ1n) is 2.15. The van der Waals surface area contributed by atoms with Crippen LogP contribution in [0.3, 0.4) is 0 Å². The largest absolute Gasteiger partial charge is 3.00 e. The number of halogens is 3. The molecule has 0 aromatic carbocycles. The van der Waals surface area contributed by atoms with E-state index in [1.807, 2.05) is 0 Å². The first-order chi connectivity index (χ1) is 6.00. The predicted octanol–water partition coefficient (Wildman–Crippen LogP) is -4.41. The van der Waals surface area contributed by atoms with Crippen LogP contribution >= 0.6 is 23.7 Å². The van der Waals surface area contributed by atoms with E-state index in [1.165, 1.54) is 0 Å². The van der Waals surface area contributed by atoms with E-state index in [1.54, 1.807) is 0 Å². The second kappa shape index (κ2) is 12.3. The van der Waals surface area contributed by atoms with E-state index in [9.17, 15) is 12.6 Å². The molecule has 0 fully saturated rings. The summed E-state index contributed by atoms with van der Waals surface area (Å²) in [5.74, 6) is 0. The van der Waals surface area contributed by atoms with Crippen LogP contribution in [0.1, 0.15) is 0 Å². The van der Waals surface area contributed by atoms with Crippen molar-refractivity contribution >= 4 is 58.4 Å². The first kappa shape index (κ1) is 31.0. The summed E-state index contributed by atoms with van der Waals surface area (Å²) in [5.41, 5.74) is 0. The van der Waals surface area contributed by atoms with Gasteiger partial charge in [-0.15, -0.1) is 0 Å². The van der Waals surface area contributed by atoms with Crippen LogP contribution in [0.4, 0.5) is 12.6 Å². The Morgan fingerprint density at radius 2 is 0.529 bits per heavy atom. The maximum atomic E-state index is 10.1. The van der Waals surface area contributed by atoms with Crippen LogP contribution in [0.15, 0.2) is 0 Å². The molecule has 0 saturated carbocycles. The maximum Gasteiger partial charge on any atom is 3.00 e. The molecule has 0 unspecified atom stereocenters.